The summed E-state index contributed by atoms with van der Waals surface area (Å²) in [5.74, 6) is 1.86. The maximum Gasteiger partial charge on any atom is 0.246 e. The SMILES string of the molecule is C=CC(=O)N1Cc2cc(OCc3ccccc3)ccc2[C@@H](c2ccccc2)C1.C=CC(=O)N1Cc2cc(OCc3ccccc3)ccc2[C@H](c2ccccc2)C1. The van der Waals surface area contributed by atoms with Crippen LogP contribution in [0.2, 0.25) is 0 Å². The van der Waals surface area contributed by atoms with E-state index < -0.39 is 0 Å². The number of benzene rings is 6. The Kier molecular flexibility index (Phi) is 12.2. The van der Waals surface area contributed by atoms with Crippen molar-refractivity contribution in [1.82, 2.24) is 9.80 Å². The normalized spacial score (nSPS) is 15.6. The molecule has 2 aliphatic heterocycles. The number of carbonyl (C=O) groups is 2. The molecule has 2 aliphatic rings. The van der Waals surface area contributed by atoms with Gasteiger partial charge in [-0.05, 0) is 80.9 Å². The fourth-order valence-corrected chi connectivity index (χ4v) is 7.49. The first-order chi connectivity index (χ1) is 27.5. The van der Waals surface area contributed by atoms with E-state index >= 15 is 0 Å². The molecule has 2 heterocycles. The lowest BCUT2D eigenvalue weighted by Crippen LogP contribution is -2.37. The summed E-state index contributed by atoms with van der Waals surface area (Å²) in [5.41, 5.74) is 9.45. The van der Waals surface area contributed by atoms with Crippen molar-refractivity contribution in [3.05, 3.63) is 228 Å². The van der Waals surface area contributed by atoms with Gasteiger partial charge in [0.05, 0.1) is 0 Å². The second-order valence-electron chi connectivity index (χ2n) is 14.0. The van der Waals surface area contributed by atoms with E-state index in [9.17, 15) is 9.59 Å². The lowest BCUT2D eigenvalue weighted by atomic mass is 9.84. The molecule has 0 aliphatic carbocycles. The van der Waals surface area contributed by atoms with Crippen molar-refractivity contribution in [2.75, 3.05) is 13.1 Å². The number of ether oxygens (including phenoxy) is 2. The third kappa shape index (κ3) is 9.16. The van der Waals surface area contributed by atoms with Crippen LogP contribution in [-0.4, -0.2) is 34.7 Å². The quantitative estimate of drug-likeness (QED) is 0.131. The number of carbonyl (C=O) groups excluding carboxylic acids is 2. The molecule has 8 rings (SSSR count). The van der Waals surface area contributed by atoms with Gasteiger partial charge in [-0.1, -0.05) is 147 Å². The molecule has 0 fully saturated rings. The van der Waals surface area contributed by atoms with Crippen molar-refractivity contribution >= 4 is 11.8 Å². The third-order valence-electron chi connectivity index (χ3n) is 10.4. The van der Waals surface area contributed by atoms with Gasteiger partial charge in [-0.2, -0.15) is 0 Å². The van der Waals surface area contributed by atoms with E-state index in [-0.39, 0.29) is 23.7 Å². The molecule has 0 radical (unpaired) electrons. The van der Waals surface area contributed by atoms with E-state index in [0.717, 1.165) is 33.8 Å². The molecule has 6 aromatic rings. The summed E-state index contributed by atoms with van der Waals surface area (Å²) < 4.78 is 12.0. The van der Waals surface area contributed by atoms with Crippen LogP contribution in [0, 0.1) is 0 Å². The van der Waals surface area contributed by atoms with Crippen LogP contribution in [0.25, 0.3) is 0 Å². The van der Waals surface area contributed by atoms with Crippen molar-refractivity contribution in [2.24, 2.45) is 0 Å². The fraction of sp³-hybridized carbons (Fsp3) is 0.160. The standard InChI is InChI=1S/2C25H23NO2/c2*1-2-25(27)26-16-21-15-22(28-18-19-9-5-3-6-10-19)13-14-23(21)24(17-26)20-11-7-4-8-12-20/h2*2-15,24H,1,16-18H2/t2*24-/m10/s1. The Morgan fingerprint density at radius 1 is 0.518 bits per heavy atom. The molecule has 2 amide bonds. The molecule has 0 saturated carbocycles. The van der Waals surface area contributed by atoms with Crippen LogP contribution >= 0.6 is 0 Å². The molecule has 6 heteroatoms. The maximum absolute atomic E-state index is 12.3. The minimum atomic E-state index is -0.0396. The highest BCUT2D eigenvalue weighted by atomic mass is 16.5. The first-order valence-electron chi connectivity index (χ1n) is 19.0. The van der Waals surface area contributed by atoms with Crippen molar-refractivity contribution in [2.45, 2.75) is 38.1 Å². The predicted molar refractivity (Wildman–Crippen MR) is 222 cm³/mol. The summed E-state index contributed by atoms with van der Waals surface area (Å²) in [6.45, 7) is 10.8. The monoisotopic (exact) mass is 738 g/mol. The second-order valence-corrected chi connectivity index (χ2v) is 14.0. The number of fused-ring (bicyclic) bond motifs is 2. The second kappa shape index (κ2) is 18.1. The molecule has 0 spiro atoms. The van der Waals surface area contributed by atoms with Crippen LogP contribution in [-0.2, 0) is 35.9 Å². The average Bonchev–Trinajstić information content (AvgIpc) is 3.27. The highest BCUT2D eigenvalue weighted by molar-refractivity contribution is 5.88. The lowest BCUT2D eigenvalue weighted by Gasteiger charge is -2.34. The third-order valence-corrected chi connectivity index (χ3v) is 10.4. The topological polar surface area (TPSA) is 59.1 Å². The van der Waals surface area contributed by atoms with Gasteiger partial charge in [0, 0.05) is 38.0 Å². The Bertz CT molecular complexity index is 2100. The first-order valence-corrected chi connectivity index (χ1v) is 19.0. The molecule has 0 N–H and O–H groups in total. The molecular weight excluding hydrogens is 693 g/mol. The highest BCUT2D eigenvalue weighted by Gasteiger charge is 2.30. The van der Waals surface area contributed by atoms with E-state index in [4.69, 9.17) is 9.47 Å². The van der Waals surface area contributed by atoms with Gasteiger partial charge in [0.1, 0.15) is 24.7 Å². The predicted octanol–water partition coefficient (Wildman–Crippen LogP) is 9.85. The molecule has 6 aromatic carbocycles. The van der Waals surface area contributed by atoms with Crippen molar-refractivity contribution in [1.29, 1.82) is 0 Å². The van der Waals surface area contributed by atoms with Crippen LogP contribution in [0.1, 0.15) is 56.3 Å². The van der Waals surface area contributed by atoms with Gasteiger partial charge in [-0.25, -0.2) is 0 Å². The van der Waals surface area contributed by atoms with E-state index in [0.29, 0.717) is 39.4 Å². The number of amides is 2. The van der Waals surface area contributed by atoms with Crippen molar-refractivity contribution in [3.8, 4) is 11.5 Å². The summed E-state index contributed by atoms with van der Waals surface area (Å²) in [4.78, 5) is 28.4. The van der Waals surface area contributed by atoms with Gasteiger partial charge in [0.15, 0.2) is 0 Å². The molecule has 0 bridgehead atoms. The summed E-state index contributed by atoms with van der Waals surface area (Å²) in [7, 11) is 0. The Morgan fingerprint density at radius 3 is 1.23 bits per heavy atom. The molecule has 0 saturated heterocycles. The van der Waals surface area contributed by atoms with E-state index in [1.54, 1.807) is 0 Å². The molecule has 280 valence electrons. The molecule has 0 unspecified atom stereocenters. The summed E-state index contributed by atoms with van der Waals surface area (Å²) >= 11 is 0. The van der Waals surface area contributed by atoms with Crippen molar-refractivity contribution in [3.63, 3.8) is 0 Å². The van der Waals surface area contributed by atoms with Gasteiger partial charge in [0.2, 0.25) is 11.8 Å². The Morgan fingerprint density at radius 2 is 0.875 bits per heavy atom. The lowest BCUT2D eigenvalue weighted by molar-refractivity contribution is -0.127. The smallest absolute Gasteiger partial charge is 0.246 e. The zero-order valence-corrected chi connectivity index (χ0v) is 31.5. The highest BCUT2D eigenvalue weighted by Crippen LogP contribution is 2.37. The number of hydrogen-bond donors (Lipinski definition) is 0. The van der Waals surface area contributed by atoms with Gasteiger partial charge in [-0.3, -0.25) is 9.59 Å². The van der Waals surface area contributed by atoms with Crippen LogP contribution in [0.4, 0.5) is 0 Å². The fourth-order valence-electron chi connectivity index (χ4n) is 7.49. The molecular formula is C50H46N2O4. The molecule has 56 heavy (non-hydrogen) atoms. The molecule has 2 atom stereocenters. The van der Waals surface area contributed by atoms with Crippen LogP contribution in [0.5, 0.6) is 11.5 Å². The van der Waals surface area contributed by atoms with Gasteiger partial charge in [-0.15, -0.1) is 0 Å². The molecule has 0 aromatic heterocycles. The van der Waals surface area contributed by atoms with Crippen LogP contribution in [0.15, 0.2) is 183 Å². The number of rotatable bonds is 10. The van der Waals surface area contributed by atoms with E-state index in [2.05, 4.69) is 61.7 Å². The van der Waals surface area contributed by atoms with E-state index in [1.165, 1.54) is 34.4 Å². The average molecular weight is 739 g/mol. The Balaban J connectivity index is 0.000000172. The van der Waals surface area contributed by atoms with Crippen LogP contribution < -0.4 is 9.47 Å². The Hall–Kier alpha value is -6.66. The summed E-state index contributed by atoms with van der Waals surface area (Å²) in [6.07, 6.45) is 2.78. The first kappa shape index (κ1) is 37.6. The van der Waals surface area contributed by atoms with E-state index in [1.807, 2.05) is 119 Å². The largest absolute Gasteiger partial charge is 0.489 e. The maximum atomic E-state index is 12.3. The minimum Gasteiger partial charge on any atom is -0.489 e. The Labute approximate surface area is 330 Å². The molecule has 6 nitrogen and oxygen atoms in total. The zero-order chi connectivity index (χ0) is 38.7. The number of hydrogen-bond acceptors (Lipinski definition) is 4. The van der Waals surface area contributed by atoms with Crippen LogP contribution in [0.3, 0.4) is 0 Å². The number of nitrogens with zero attached hydrogens (tertiary/aromatic N) is 2. The zero-order valence-electron chi connectivity index (χ0n) is 31.5. The minimum absolute atomic E-state index is 0.0396. The van der Waals surface area contributed by atoms with Gasteiger partial charge >= 0.3 is 0 Å². The summed E-state index contributed by atoms with van der Waals surface area (Å²) in [6, 6.07) is 53.4. The van der Waals surface area contributed by atoms with Crippen molar-refractivity contribution < 1.29 is 19.1 Å². The van der Waals surface area contributed by atoms with Gasteiger partial charge in [0.25, 0.3) is 0 Å². The van der Waals surface area contributed by atoms with Gasteiger partial charge < -0.3 is 19.3 Å². The summed E-state index contributed by atoms with van der Waals surface area (Å²) in [5, 5.41) is 0.